The highest BCUT2D eigenvalue weighted by Crippen LogP contribution is 2.07. The number of hydrogen-bond acceptors (Lipinski definition) is 5. The predicted octanol–water partition coefficient (Wildman–Crippen LogP) is 1.04. The zero-order valence-electron chi connectivity index (χ0n) is 10.6. The van der Waals surface area contributed by atoms with Crippen molar-refractivity contribution in [2.75, 3.05) is 25.0 Å². The van der Waals surface area contributed by atoms with E-state index < -0.39 is 0 Å². The quantitative estimate of drug-likeness (QED) is 0.834. The summed E-state index contributed by atoms with van der Waals surface area (Å²) in [4.78, 5) is 11.9. The summed E-state index contributed by atoms with van der Waals surface area (Å²) in [6, 6.07) is 3.45. The molecule has 98 valence electrons. The lowest BCUT2D eigenvalue weighted by Crippen LogP contribution is -2.45. The van der Waals surface area contributed by atoms with E-state index >= 15 is 0 Å². The van der Waals surface area contributed by atoms with Crippen molar-refractivity contribution >= 4 is 11.7 Å². The third-order valence-electron chi connectivity index (χ3n) is 2.87. The molecule has 6 heteroatoms. The molecule has 2 heterocycles. The third kappa shape index (κ3) is 3.40. The van der Waals surface area contributed by atoms with Crippen molar-refractivity contribution in [3.63, 3.8) is 0 Å². The number of carbonyl (C=O) groups excluding carboxylic acids is 1. The van der Waals surface area contributed by atoms with Gasteiger partial charge in [0.1, 0.15) is 5.82 Å². The summed E-state index contributed by atoms with van der Waals surface area (Å²) < 4.78 is 0. The molecule has 0 unspecified atom stereocenters. The van der Waals surface area contributed by atoms with E-state index in [9.17, 15) is 4.79 Å². The van der Waals surface area contributed by atoms with Crippen LogP contribution in [0.25, 0.3) is 0 Å². The van der Waals surface area contributed by atoms with E-state index in [0.717, 1.165) is 32.5 Å². The minimum atomic E-state index is -0.188. The molecule has 1 aliphatic heterocycles. The summed E-state index contributed by atoms with van der Waals surface area (Å²) >= 11 is 0. The van der Waals surface area contributed by atoms with Gasteiger partial charge in [0.2, 0.25) is 0 Å². The number of hydrazine groups is 1. The van der Waals surface area contributed by atoms with E-state index in [2.05, 4.69) is 20.9 Å². The molecule has 6 nitrogen and oxygen atoms in total. The molecular formula is C12H19N5O. The number of nitrogens with one attached hydrogen (secondary N) is 2. The zero-order valence-corrected chi connectivity index (χ0v) is 10.6. The lowest BCUT2D eigenvalue weighted by atomic mass is 10.2. The Morgan fingerprint density at radius 3 is 2.67 bits per heavy atom. The minimum absolute atomic E-state index is 0.188. The van der Waals surface area contributed by atoms with Crippen LogP contribution < -0.4 is 10.7 Å². The summed E-state index contributed by atoms with van der Waals surface area (Å²) in [5, 5.41) is 12.8. The smallest absolute Gasteiger partial charge is 0.286 e. The molecule has 0 saturated carbocycles. The fourth-order valence-corrected chi connectivity index (χ4v) is 1.94. The van der Waals surface area contributed by atoms with E-state index in [1.807, 2.05) is 11.9 Å². The molecule has 1 aromatic rings. The number of anilines is 1. The normalized spacial score (nSPS) is 16.3. The molecule has 0 atom stereocenters. The molecule has 0 radical (unpaired) electrons. The van der Waals surface area contributed by atoms with Gasteiger partial charge < -0.3 is 5.32 Å². The SMILES string of the molecule is CCNc1ccc(C(=O)NN2CCCCC2)nn1. The van der Waals surface area contributed by atoms with Gasteiger partial charge in [-0.1, -0.05) is 6.42 Å². The largest absolute Gasteiger partial charge is 0.369 e. The van der Waals surface area contributed by atoms with Crippen LogP contribution in [0.1, 0.15) is 36.7 Å². The van der Waals surface area contributed by atoms with Crippen molar-refractivity contribution in [2.24, 2.45) is 0 Å². The maximum atomic E-state index is 11.9. The molecule has 1 saturated heterocycles. The highest BCUT2D eigenvalue weighted by molar-refractivity contribution is 5.91. The number of amides is 1. The average Bonchev–Trinajstić information content (AvgIpc) is 2.41. The van der Waals surface area contributed by atoms with Gasteiger partial charge in [-0.3, -0.25) is 10.2 Å². The van der Waals surface area contributed by atoms with Gasteiger partial charge in [-0.15, -0.1) is 10.2 Å². The molecule has 1 aliphatic rings. The Bertz CT molecular complexity index is 386. The highest BCUT2D eigenvalue weighted by atomic mass is 16.2. The van der Waals surface area contributed by atoms with Crippen LogP contribution in [-0.4, -0.2) is 40.7 Å². The maximum Gasteiger partial charge on any atom is 0.286 e. The van der Waals surface area contributed by atoms with Crippen LogP contribution in [0.2, 0.25) is 0 Å². The van der Waals surface area contributed by atoms with Crippen molar-refractivity contribution in [3.8, 4) is 0 Å². The number of hydrogen-bond donors (Lipinski definition) is 2. The Kier molecular flexibility index (Phi) is 4.46. The summed E-state index contributed by atoms with van der Waals surface area (Å²) in [5.41, 5.74) is 3.21. The molecule has 2 N–H and O–H groups in total. The third-order valence-corrected chi connectivity index (χ3v) is 2.87. The second-order valence-corrected chi connectivity index (χ2v) is 4.32. The first kappa shape index (κ1) is 12.8. The Morgan fingerprint density at radius 2 is 2.06 bits per heavy atom. The van der Waals surface area contributed by atoms with E-state index in [-0.39, 0.29) is 5.91 Å². The van der Waals surface area contributed by atoms with Crippen molar-refractivity contribution in [2.45, 2.75) is 26.2 Å². The number of nitrogens with zero attached hydrogens (tertiary/aromatic N) is 3. The van der Waals surface area contributed by atoms with Gasteiger partial charge in [-0.25, -0.2) is 5.01 Å². The van der Waals surface area contributed by atoms with Crippen LogP contribution >= 0.6 is 0 Å². The summed E-state index contributed by atoms with van der Waals surface area (Å²) in [7, 11) is 0. The zero-order chi connectivity index (χ0) is 12.8. The van der Waals surface area contributed by atoms with Crippen LogP contribution in [0.15, 0.2) is 12.1 Å². The second kappa shape index (κ2) is 6.30. The maximum absolute atomic E-state index is 11.9. The molecule has 0 aromatic carbocycles. The summed E-state index contributed by atoms with van der Waals surface area (Å²) in [6.07, 6.45) is 3.50. The minimum Gasteiger partial charge on any atom is -0.369 e. The van der Waals surface area contributed by atoms with Crippen LogP contribution in [0.4, 0.5) is 5.82 Å². The first-order valence-corrected chi connectivity index (χ1v) is 6.43. The Hall–Kier alpha value is -1.69. The van der Waals surface area contributed by atoms with Gasteiger partial charge in [-0.05, 0) is 31.9 Å². The second-order valence-electron chi connectivity index (χ2n) is 4.32. The van der Waals surface area contributed by atoms with Gasteiger partial charge in [0.05, 0.1) is 0 Å². The topological polar surface area (TPSA) is 70.2 Å². The van der Waals surface area contributed by atoms with Crippen LogP contribution in [0.5, 0.6) is 0 Å². The van der Waals surface area contributed by atoms with Crippen LogP contribution in [-0.2, 0) is 0 Å². The van der Waals surface area contributed by atoms with E-state index in [0.29, 0.717) is 11.5 Å². The van der Waals surface area contributed by atoms with Crippen molar-refractivity contribution in [1.29, 1.82) is 0 Å². The monoisotopic (exact) mass is 249 g/mol. The van der Waals surface area contributed by atoms with Crippen molar-refractivity contribution in [3.05, 3.63) is 17.8 Å². The van der Waals surface area contributed by atoms with E-state index in [1.165, 1.54) is 6.42 Å². The summed E-state index contributed by atoms with van der Waals surface area (Å²) in [5.74, 6) is 0.500. The Labute approximate surface area is 107 Å². The van der Waals surface area contributed by atoms with Gasteiger partial charge in [0.15, 0.2) is 5.69 Å². The van der Waals surface area contributed by atoms with Crippen LogP contribution in [0, 0.1) is 0 Å². The van der Waals surface area contributed by atoms with Gasteiger partial charge >= 0.3 is 0 Å². The van der Waals surface area contributed by atoms with E-state index in [4.69, 9.17) is 0 Å². The number of rotatable bonds is 4. The molecule has 1 aromatic heterocycles. The number of aromatic nitrogens is 2. The first-order chi connectivity index (χ1) is 8.79. The fourth-order valence-electron chi connectivity index (χ4n) is 1.94. The summed E-state index contributed by atoms with van der Waals surface area (Å²) in [6.45, 7) is 4.59. The molecule has 0 bridgehead atoms. The molecule has 1 fully saturated rings. The Balaban J connectivity index is 1.91. The van der Waals surface area contributed by atoms with Crippen molar-refractivity contribution < 1.29 is 4.79 Å². The van der Waals surface area contributed by atoms with Gasteiger partial charge in [0.25, 0.3) is 5.91 Å². The Morgan fingerprint density at radius 1 is 1.28 bits per heavy atom. The number of piperidine rings is 1. The highest BCUT2D eigenvalue weighted by Gasteiger charge is 2.15. The molecular weight excluding hydrogens is 230 g/mol. The molecule has 0 spiro atoms. The van der Waals surface area contributed by atoms with Gasteiger partial charge in [0, 0.05) is 19.6 Å². The van der Waals surface area contributed by atoms with Crippen molar-refractivity contribution in [1.82, 2.24) is 20.6 Å². The lowest BCUT2D eigenvalue weighted by Gasteiger charge is -2.26. The average molecular weight is 249 g/mol. The molecule has 1 amide bonds. The standard InChI is InChI=1S/C12H19N5O/c1-2-13-11-7-6-10(14-15-11)12(18)16-17-8-4-3-5-9-17/h6-7H,2-5,8-9H2,1H3,(H,13,15)(H,16,18). The molecule has 18 heavy (non-hydrogen) atoms. The lowest BCUT2D eigenvalue weighted by molar-refractivity contribution is 0.0744. The van der Waals surface area contributed by atoms with Gasteiger partial charge in [-0.2, -0.15) is 0 Å². The fraction of sp³-hybridized carbons (Fsp3) is 0.583. The van der Waals surface area contributed by atoms with E-state index in [1.54, 1.807) is 12.1 Å². The number of carbonyl (C=O) groups is 1. The molecule has 2 rings (SSSR count). The predicted molar refractivity (Wildman–Crippen MR) is 69.1 cm³/mol. The van der Waals surface area contributed by atoms with Crippen LogP contribution in [0.3, 0.4) is 0 Å². The first-order valence-electron chi connectivity index (χ1n) is 6.43. The molecule has 0 aliphatic carbocycles.